The number of likely N-dealkylation sites (N-methyl/N-ethyl adjacent to an activating group) is 1. The Kier molecular flexibility index (Phi) is 5.20. The van der Waals surface area contributed by atoms with E-state index in [0.717, 1.165) is 28.9 Å². The molecule has 1 aromatic heterocycles. The smallest absolute Gasteiger partial charge is 0.119 e. The quantitative estimate of drug-likeness (QED) is 0.880. The molecule has 108 valence electrons. The number of methoxy groups -OCH3 is 1. The van der Waals surface area contributed by atoms with E-state index in [9.17, 15) is 0 Å². The highest BCUT2D eigenvalue weighted by atomic mass is 79.9. The number of aryl methyl sites for hydroxylation is 1. The van der Waals surface area contributed by atoms with Crippen LogP contribution in [0.2, 0.25) is 0 Å². The number of aromatic nitrogens is 2. The summed E-state index contributed by atoms with van der Waals surface area (Å²) < 4.78 is 8.24. The lowest BCUT2D eigenvalue weighted by molar-refractivity contribution is 0.412. The lowest BCUT2D eigenvalue weighted by Gasteiger charge is -2.19. The van der Waals surface area contributed by atoms with Crippen molar-refractivity contribution < 1.29 is 4.74 Å². The van der Waals surface area contributed by atoms with Gasteiger partial charge in [-0.1, -0.05) is 22.9 Å². The predicted octanol–water partition coefficient (Wildman–Crippen LogP) is 3.08. The maximum atomic E-state index is 5.32. The van der Waals surface area contributed by atoms with Crippen molar-refractivity contribution in [1.29, 1.82) is 0 Å². The molecule has 4 nitrogen and oxygen atoms in total. The van der Waals surface area contributed by atoms with Gasteiger partial charge in [-0.25, -0.2) is 0 Å². The fraction of sp³-hybridized carbons (Fsp3) is 0.400. The molecule has 0 aliphatic rings. The fourth-order valence-electron chi connectivity index (χ4n) is 2.24. The molecule has 1 heterocycles. The minimum absolute atomic E-state index is 0.208. The fourth-order valence-corrected chi connectivity index (χ4v) is 2.76. The molecule has 20 heavy (non-hydrogen) atoms. The van der Waals surface area contributed by atoms with Crippen molar-refractivity contribution in [2.75, 3.05) is 13.7 Å². The largest absolute Gasteiger partial charge is 0.497 e. The number of ether oxygens (including phenoxy) is 1. The zero-order valence-corrected chi connectivity index (χ0v) is 13.6. The van der Waals surface area contributed by atoms with Crippen LogP contribution < -0.4 is 10.1 Å². The van der Waals surface area contributed by atoms with E-state index in [0.29, 0.717) is 0 Å². The molecule has 2 aromatic rings. The van der Waals surface area contributed by atoms with Crippen LogP contribution in [0.1, 0.15) is 24.2 Å². The molecule has 0 saturated heterocycles. The highest BCUT2D eigenvalue weighted by molar-refractivity contribution is 9.10. The van der Waals surface area contributed by atoms with E-state index in [4.69, 9.17) is 4.74 Å². The summed E-state index contributed by atoms with van der Waals surface area (Å²) in [6, 6.07) is 8.31. The third kappa shape index (κ3) is 3.61. The Hall–Kier alpha value is -1.33. The van der Waals surface area contributed by atoms with Crippen LogP contribution in [0.25, 0.3) is 0 Å². The van der Waals surface area contributed by atoms with Crippen molar-refractivity contribution in [3.63, 3.8) is 0 Å². The van der Waals surface area contributed by atoms with Crippen molar-refractivity contribution in [3.8, 4) is 5.75 Å². The maximum Gasteiger partial charge on any atom is 0.119 e. The van der Waals surface area contributed by atoms with E-state index in [1.54, 1.807) is 7.11 Å². The van der Waals surface area contributed by atoms with Crippen LogP contribution in [0.5, 0.6) is 5.75 Å². The summed E-state index contributed by atoms with van der Waals surface area (Å²) in [5, 5.41) is 7.97. The first-order chi connectivity index (χ1) is 9.63. The lowest BCUT2D eigenvalue weighted by Crippen LogP contribution is -2.23. The Morgan fingerprint density at radius 3 is 2.80 bits per heavy atom. The SMILES string of the molecule is CCNC(Cc1ccn(C)n1)c1cc(OC)ccc1Br. The van der Waals surface area contributed by atoms with Gasteiger partial charge in [0, 0.05) is 30.2 Å². The monoisotopic (exact) mass is 337 g/mol. The lowest BCUT2D eigenvalue weighted by atomic mass is 10.0. The van der Waals surface area contributed by atoms with Crippen LogP contribution in [-0.2, 0) is 13.5 Å². The summed E-state index contributed by atoms with van der Waals surface area (Å²) >= 11 is 3.63. The second-order valence-corrected chi connectivity index (χ2v) is 5.54. The average Bonchev–Trinajstić information content (AvgIpc) is 2.84. The number of hydrogen-bond donors (Lipinski definition) is 1. The van der Waals surface area contributed by atoms with Crippen LogP contribution >= 0.6 is 15.9 Å². The standard InChI is InChI=1S/C15H20BrN3O/c1-4-17-15(9-11-7-8-19(2)18-11)13-10-12(20-3)5-6-14(13)16/h5-8,10,15,17H,4,9H2,1-3H3. The first kappa shape index (κ1) is 15.1. The van der Waals surface area contributed by atoms with Crippen LogP contribution in [0, 0.1) is 0 Å². The van der Waals surface area contributed by atoms with E-state index >= 15 is 0 Å². The Morgan fingerprint density at radius 2 is 2.20 bits per heavy atom. The van der Waals surface area contributed by atoms with E-state index in [2.05, 4.69) is 45.4 Å². The molecule has 0 spiro atoms. The van der Waals surface area contributed by atoms with Gasteiger partial charge in [0.1, 0.15) is 5.75 Å². The van der Waals surface area contributed by atoms with Gasteiger partial charge < -0.3 is 10.1 Å². The van der Waals surface area contributed by atoms with Crippen LogP contribution in [-0.4, -0.2) is 23.4 Å². The van der Waals surface area contributed by atoms with E-state index < -0.39 is 0 Å². The van der Waals surface area contributed by atoms with Gasteiger partial charge in [0.2, 0.25) is 0 Å². The zero-order chi connectivity index (χ0) is 14.5. The van der Waals surface area contributed by atoms with Crippen LogP contribution in [0.15, 0.2) is 34.9 Å². The van der Waals surface area contributed by atoms with Gasteiger partial charge in [-0.3, -0.25) is 4.68 Å². The Bertz CT molecular complexity index is 568. The van der Waals surface area contributed by atoms with E-state index in [1.165, 1.54) is 5.56 Å². The van der Waals surface area contributed by atoms with E-state index in [-0.39, 0.29) is 6.04 Å². The van der Waals surface area contributed by atoms with Crippen molar-refractivity contribution >= 4 is 15.9 Å². The van der Waals surface area contributed by atoms with E-state index in [1.807, 2.05) is 30.1 Å². The number of benzene rings is 1. The van der Waals surface area contributed by atoms with Gasteiger partial charge in [-0.15, -0.1) is 0 Å². The number of hydrogen-bond acceptors (Lipinski definition) is 3. The number of nitrogens with zero attached hydrogens (tertiary/aromatic N) is 2. The molecular weight excluding hydrogens is 318 g/mol. The summed E-state index contributed by atoms with van der Waals surface area (Å²) in [7, 11) is 3.63. The summed E-state index contributed by atoms with van der Waals surface area (Å²) in [5.74, 6) is 0.868. The number of nitrogens with one attached hydrogen (secondary N) is 1. The molecule has 0 fully saturated rings. The van der Waals surface area contributed by atoms with Gasteiger partial charge >= 0.3 is 0 Å². The predicted molar refractivity (Wildman–Crippen MR) is 84.0 cm³/mol. The topological polar surface area (TPSA) is 39.1 Å². The van der Waals surface area contributed by atoms with Gasteiger partial charge in [-0.05, 0) is 36.4 Å². The third-order valence-electron chi connectivity index (χ3n) is 3.21. The van der Waals surface area contributed by atoms with Crippen molar-refractivity contribution in [2.24, 2.45) is 7.05 Å². The van der Waals surface area contributed by atoms with Gasteiger partial charge in [0.05, 0.1) is 12.8 Å². The molecule has 1 unspecified atom stereocenters. The molecule has 0 bridgehead atoms. The summed E-state index contributed by atoms with van der Waals surface area (Å²) in [4.78, 5) is 0. The molecule has 0 aliphatic carbocycles. The highest BCUT2D eigenvalue weighted by Gasteiger charge is 2.16. The molecule has 2 rings (SSSR count). The molecular formula is C15H20BrN3O. The Labute approximate surface area is 128 Å². The highest BCUT2D eigenvalue weighted by Crippen LogP contribution is 2.29. The molecule has 0 saturated carbocycles. The molecule has 0 aliphatic heterocycles. The third-order valence-corrected chi connectivity index (χ3v) is 3.93. The molecule has 1 N–H and O–H groups in total. The minimum Gasteiger partial charge on any atom is -0.497 e. The summed E-state index contributed by atoms with van der Waals surface area (Å²) in [6.45, 7) is 3.01. The van der Waals surface area contributed by atoms with Gasteiger partial charge in [0.15, 0.2) is 0 Å². The molecule has 5 heteroatoms. The molecule has 0 radical (unpaired) electrons. The Balaban J connectivity index is 2.27. The summed E-state index contributed by atoms with van der Waals surface area (Å²) in [5.41, 5.74) is 2.27. The second-order valence-electron chi connectivity index (χ2n) is 4.68. The van der Waals surface area contributed by atoms with Gasteiger partial charge in [-0.2, -0.15) is 5.10 Å². The molecule has 1 aromatic carbocycles. The van der Waals surface area contributed by atoms with Crippen LogP contribution in [0.3, 0.4) is 0 Å². The summed E-state index contributed by atoms with van der Waals surface area (Å²) in [6.07, 6.45) is 2.82. The number of halogens is 1. The Morgan fingerprint density at radius 1 is 1.40 bits per heavy atom. The van der Waals surface area contributed by atoms with Crippen molar-refractivity contribution in [2.45, 2.75) is 19.4 Å². The average molecular weight is 338 g/mol. The van der Waals surface area contributed by atoms with Gasteiger partial charge in [0.25, 0.3) is 0 Å². The number of rotatable bonds is 6. The minimum atomic E-state index is 0.208. The first-order valence-corrected chi connectivity index (χ1v) is 7.48. The van der Waals surface area contributed by atoms with Crippen molar-refractivity contribution in [1.82, 2.24) is 15.1 Å². The second kappa shape index (κ2) is 6.90. The first-order valence-electron chi connectivity index (χ1n) is 6.69. The maximum absolute atomic E-state index is 5.32. The zero-order valence-electron chi connectivity index (χ0n) is 12.1. The molecule has 0 amide bonds. The molecule has 1 atom stereocenters. The normalized spacial score (nSPS) is 12.4. The van der Waals surface area contributed by atoms with Crippen molar-refractivity contribution in [3.05, 3.63) is 46.2 Å². The van der Waals surface area contributed by atoms with Crippen LogP contribution in [0.4, 0.5) is 0 Å².